The van der Waals surface area contributed by atoms with Gasteiger partial charge < -0.3 is 20.3 Å². The predicted molar refractivity (Wildman–Crippen MR) is 113 cm³/mol. The van der Waals surface area contributed by atoms with Gasteiger partial charge in [-0.1, -0.05) is 30.7 Å². The molecule has 0 unspecified atom stereocenters. The molecule has 0 atom stereocenters. The number of hydrogen-bond acceptors (Lipinski definition) is 3. The van der Waals surface area contributed by atoms with Crippen LogP contribution in [-0.2, 0) is 22.6 Å². The van der Waals surface area contributed by atoms with Crippen LogP contribution in [0.2, 0.25) is 0 Å². The Morgan fingerprint density at radius 1 is 1.04 bits per heavy atom. The largest absolute Gasteiger partial charge is 0.469 e. The van der Waals surface area contributed by atoms with E-state index in [9.17, 15) is 4.79 Å². The molecule has 0 radical (unpaired) electrons. The van der Waals surface area contributed by atoms with E-state index in [-0.39, 0.29) is 5.97 Å². The normalized spacial score (nSPS) is 14.6. The molecule has 0 bridgehead atoms. The number of piperidine rings is 1. The topological polar surface area (TPSA) is 54.8 Å². The summed E-state index contributed by atoms with van der Waals surface area (Å²) in [6.07, 6.45) is 7.47. The third-order valence-corrected chi connectivity index (χ3v) is 5.35. The van der Waals surface area contributed by atoms with Gasteiger partial charge in [0.15, 0.2) is 5.11 Å². The van der Waals surface area contributed by atoms with E-state index in [1.54, 1.807) is 4.90 Å². The summed E-state index contributed by atoms with van der Waals surface area (Å²) in [5.41, 5.74) is 2.66. The minimum absolute atomic E-state index is 0.136. The number of quaternary nitrogens is 1. The minimum Gasteiger partial charge on any atom is -0.469 e. The molecule has 0 amide bonds. The molecule has 0 saturated carbocycles. The molecule has 1 aliphatic heterocycles. The van der Waals surface area contributed by atoms with Gasteiger partial charge in [-0.15, -0.1) is 0 Å². The Bertz CT molecular complexity index is 571. The van der Waals surface area contributed by atoms with Gasteiger partial charge in [0, 0.05) is 25.1 Å². The molecule has 0 aromatic heterocycles. The molecule has 150 valence electrons. The summed E-state index contributed by atoms with van der Waals surface area (Å²) in [6, 6.07) is 8.88. The molecule has 1 fully saturated rings. The van der Waals surface area contributed by atoms with E-state index in [2.05, 4.69) is 39.6 Å². The number of likely N-dealkylation sites (tertiary alicyclic amines) is 1. The number of ether oxygens (including phenoxy) is 1. The average molecular weight is 393 g/mol. The van der Waals surface area contributed by atoms with Crippen LogP contribution in [-0.4, -0.2) is 37.8 Å². The summed E-state index contributed by atoms with van der Waals surface area (Å²) in [4.78, 5) is 12.7. The number of esters is 1. The molecule has 1 aliphatic rings. The van der Waals surface area contributed by atoms with Gasteiger partial charge in [0.05, 0.1) is 20.2 Å². The first-order valence-corrected chi connectivity index (χ1v) is 10.6. The van der Waals surface area contributed by atoms with Crippen LogP contribution in [0.15, 0.2) is 24.3 Å². The Kier molecular flexibility index (Phi) is 10.2. The second-order valence-corrected chi connectivity index (χ2v) is 7.71. The van der Waals surface area contributed by atoms with Crippen LogP contribution in [0, 0.1) is 0 Å². The van der Waals surface area contributed by atoms with Crippen molar-refractivity contribution in [3.05, 3.63) is 35.4 Å². The lowest BCUT2D eigenvalue weighted by Crippen LogP contribution is -3.11. The van der Waals surface area contributed by atoms with Gasteiger partial charge in [0.2, 0.25) is 0 Å². The quantitative estimate of drug-likeness (QED) is 0.323. The molecule has 0 aliphatic carbocycles. The van der Waals surface area contributed by atoms with E-state index in [0.717, 1.165) is 38.9 Å². The van der Waals surface area contributed by atoms with E-state index in [1.807, 2.05) is 0 Å². The predicted octanol–water partition coefficient (Wildman–Crippen LogP) is 1.95. The van der Waals surface area contributed by atoms with Crippen molar-refractivity contribution >= 4 is 23.3 Å². The molecule has 3 N–H and O–H groups in total. The Balaban J connectivity index is 1.56. The highest BCUT2D eigenvalue weighted by atomic mass is 32.1. The highest BCUT2D eigenvalue weighted by molar-refractivity contribution is 7.80. The van der Waals surface area contributed by atoms with E-state index in [4.69, 9.17) is 12.2 Å². The zero-order valence-corrected chi connectivity index (χ0v) is 17.3. The molecule has 0 spiro atoms. The van der Waals surface area contributed by atoms with Crippen molar-refractivity contribution in [1.82, 2.24) is 10.6 Å². The van der Waals surface area contributed by atoms with Crippen LogP contribution in [0.4, 0.5) is 0 Å². The molecule has 27 heavy (non-hydrogen) atoms. The van der Waals surface area contributed by atoms with Crippen molar-refractivity contribution in [3.8, 4) is 0 Å². The monoisotopic (exact) mass is 392 g/mol. The molecule has 1 saturated heterocycles. The van der Waals surface area contributed by atoms with Gasteiger partial charge in [0.1, 0.15) is 6.54 Å². The molecule has 1 aromatic carbocycles. The van der Waals surface area contributed by atoms with Gasteiger partial charge >= 0.3 is 5.97 Å². The summed E-state index contributed by atoms with van der Waals surface area (Å²) in [5.74, 6) is -0.136. The zero-order chi connectivity index (χ0) is 19.3. The first-order chi connectivity index (χ1) is 13.2. The van der Waals surface area contributed by atoms with Crippen LogP contribution in [0.1, 0.15) is 56.1 Å². The van der Waals surface area contributed by atoms with Gasteiger partial charge in [-0.2, -0.15) is 0 Å². The minimum atomic E-state index is -0.136. The average Bonchev–Trinajstić information content (AvgIpc) is 2.70. The number of nitrogens with one attached hydrogen (secondary N) is 3. The zero-order valence-electron chi connectivity index (χ0n) is 16.5. The van der Waals surface area contributed by atoms with Crippen molar-refractivity contribution < 1.29 is 14.4 Å². The van der Waals surface area contributed by atoms with Crippen LogP contribution < -0.4 is 15.5 Å². The maximum Gasteiger partial charge on any atom is 0.305 e. The maximum atomic E-state index is 11.0. The molecule has 5 nitrogen and oxygen atoms in total. The fourth-order valence-corrected chi connectivity index (χ4v) is 3.59. The molecular weight excluding hydrogens is 358 g/mol. The van der Waals surface area contributed by atoms with Crippen molar-refractivity contribution in [2.75, 3.05) is 26.7 Å². The van der Waals surface area contributed by atoms with Crippen molar-refractivity contribution in [3.63, 3.8) is 0 Å². The molecule has 1 aromatic rings. The smallest absolute Gasteiger partial charge is 0.305 e. The first kappa shape index (κ1) is 21.6. The number of thiocarbonyl (C=S) groups is 1. The number of methoxy groups -OCH3 is 1. The number of rotatable bonds is 10. The summed E-state index contributed by atoms with van der Waals surface area (Å²) >= 11 is 5.33. The number of carbonyl (C=O) groups is 1. The van der Waals surface area contributed by atoms with Crippen molar-refractivity contribution in [2.45, 2.75) is 58.0 Å². The standard InChI is InChI=1S/C21H33N3O2S/c1-26-20(25)8-4-2-5-13-22-21(27)23-16-18-9-11-19(12-10-18)17-24-14-6-3-7-15-24/h9-12H,2-8,13-17H2,1H3,(H2,22,23,27)/p+1. The van der Waals surface area contributed by atoms with E-state index >= 15 is 0 Å². The maximum absolute atomic E-state index is 11.0. The third-order valence-electron chi connectivity index (χ3n) is 5.06. The summed E-state index contributed by atoms with van der Waals surface area (Å²) in [7, 11) is 1.43. The van der Waals surface area contributed by atoms with Crippen LogP contribution in [0.5, 0.6) is 0 Å². The SMILES string of the molecule is COC(=O)CCCCCNC(=S)NCc1ccc(C[NH+]2CCCCC2)cc1. The van der Waals surface area contributed by atoms with E-state index in [0.29, 0.717) is 11.5 Å². The van der Waals surface area contributed by atoms with Crippen LogP contribution >= 0.6 is 12.2 Å². The molecule has 2 rings (SSSR count). The second kappa shape index (κ2) is 12.7. The van der Waals surface area contributed by atoms with Gasteiger partial charge in [0.25, 0.3) is 0 Å². The Morgan fingerprint density at radius 2 is 1.74 bits per heavy atom. The van der Waals surface area contributed by atoms with E-state index in [1.165, 1.54) is 50.6 Å². The highest BCUT2D eigenvalue weighted by Gasteiger charge is 2.13. The summed E-state index contributed by atoms with van der Waals surface area (Å²) in [5, 5.41) is 7.17. The Morgan fingerprint density at radius 3 is 2.44 bits per heavy atom. The van der Waals surface area contributed by atoms with Gasteiger partial charge in [-0.05, 0) is 49.9 Å². The summed E-state index contributed by atoms with van der Waals surface area (Å²) in [6.45, 7) is 5.33. The third kappa shape index (κ3) is 9.20. The lowest BCUT2D eigenvalue weighted by atomic mass is 10.1. The van der Waals surface area contributed by atoms with E-state index < -0.39 is 0 Å². The van der Waals surface area contributed by atoms with Gasteiger partial charge in [-0.3, -0.25) is 4.79 Å². The molecular formula is C21H34N3O2S+. The number of hydrogen-bond donors (Lipinski definition) is 3. The fourth-order valence-electron chi connectivity index (χ4n) is 3.41. The van der Waals surface area contributed by atoms with Crippen LogP contribution in [0.3, 0.4) is 0 Å². The number of benzene rings is 1. The highest BCUT2D eigenvalue weighted by Crippen LogP contribution is 2.05. The first-order valence-electron chi connectivity index (χ1n) is 10.2. The van der Waals surface area contributed by atoms with Gasteiger partial charge in [-0.25, -0.2) is 0 Å². The van der Waals surface area contributed by atoms with Crippen LogP contribution in [0.25, 0.3) is 0 Å². The number of carbonyl (C=O) groups excluding carboxylic acids is 1. The lowest BCUT2D eigenvalue weighted by molar-refractivity contribution is -0.918. The lowest BCUT2D eigenvalue weighted by Gasteiger charge is -2.23. The molecule has 6 heteroatoms. The number of unbranched alkanes of at least 4 members (excludes halogenated alkanes) is 2. The Labute approximate surface area is 168 Å². The fraction of sp³-hybridized carbons (Fsp3) is 0.619. The molecule has 1 heterocycles. The van der Waals surface area contributed by atoms with Crippen molar-refractivity contribution in [2.24, 2.45) is 0 Å². The Hall–Kier alpha value is -1.66. The summed E-state index contributed by atoms with van der Waals surface area (Å²) < 4.78 is 4.63. The second-order valence-electron chi connectivity index (χ2n) is 7.30. The van der Waals surface area contributed by atoms with Crippen molar-refractivity contribution in [1.29, 1.82) is 0 Å².